The van der Waals surface area contributed by atoms with Crippen molar-refractivity contribution in [3.05, 3.63) is 23.8 Å². The van der Waals surface area contributed by atoms with Gasteiger partial charge in [0.15, 0.2) is 0 Å². The molecule has 0 unspecified atom stereocenters. The highest BCUT2D eigenvalue weighted by atomic mass is 16.5. The van der Waals surface area contributed by atoms with Gasteiger partial charge in [0.25, 0.3) is 0 Å². The van der Waals surface area contributed by atoms with E-state index in [2.05, 4.69) is 10.2 Å². The van der Waals surface area contributed by atoms with Gasteiger partial charge in [-0.15, -0.1) is 0 Å². The molecule has 0 atom stereocenters. The van der Waals surface area contributed by atoms with E-state index in [1.54, 1.807) is 0 Å². The van der Waals surface area contributed by atoms with Gasteiger partial charge >= 0.3 is 0 Å². The molecule has 3 N–H and O–H groups in total. The zero-order chi connectivity index (χ0) is 14.4. The highest BCUT2D eigenvalue weighted by Crippen LogP contribution is 2.20. The molecule has 1 saturated heterocycles. The van der Waals surface area contributed by atoms with Crippen LogP contribution in [0, 0.1) is 6.92 Å². The molecule has 1 heterocycles. The minimum atomic E-state index is 0.0314. The van der Waals surface area contributed by atoms with Gasteiger partial charge in [0.05, 0.1) is 6.61 Å². The molecule has 1 amide bonds. The van der Waals surface area contributed by atoms with Crippen LogP contribution in [0.1, 0.15) is 18.4 Å². The van der Waals surface area contributed by atoms with Crippen molar-refractivity contribution in [3.8, 4) is 0 Å². The van der Waals surface area contributed by atoms with Crippen molar-refractivity contribution in [2.75, 3.05) is 43.9 Å². The molecule has 2 rings (SSSR count). The largest absolute Gasteiger partial charge is 0.398 e. The van der Waals surface area contributed by atoms with Crippen molar-refractivity contribution in [2.24, 2.45) is 0 Å². The number of carbonyl (C=O) groups excluding carboxylic acids is 1. The number of anilines is 2. The standard InChI is InChI=1S/C15H23N3O2/c1-12-13(16)4-2-5-14(12)17-15(19)6-8-18-7-3-10-20-11-9-18/h2,4-5H,3,6-11,16H2,1H3,(H,17,19). The van der Waals surface area contributed by atoms with Crippen LogP contribution in [0.25, 0.3) is 0 Å². The van der Waals surface area contributed by atoms with E-state index in [-0.39, 0.29) is 5.91 Å². The Balaban J connectivity index is 1.81. The number of benzene rings is 1. The van der Waals surface area contributed by atoms with Crippen LogP contribution in [0.2, 0.25) is 0 Å². The molecule has 5 nitrogen and oxygen atoms in total. The van der Waals surface area contributed by atoms with Crippen molar-refractivity contribution in [3.63, 3.8) is 0 Å². The topological polar surface area (TPSA) is 67.6 Å². The van der Waals surface area contributed by atoms with E-state index in [4.69, 9.17) is 10.5 Å². The predicted octanol–water partition coefficient (Wildman–Crippen LogP) is 1.63. The average molecular weight is 277 g/mol. The maximum atomic E-state index is 12.0. The van der Waals surface area contributed by atoms with E-state index in [1.807, 2.05) is 25.1 Å². The van der Waals surface area contributed by atoms with Crippen molar-refractivity contribution >= 4 is 17.3 Å². The lowest BCUT2D eigenvalue weighted by Crippen LogP contribution is -2.30. The second kappa shape index (κ2) is 7.26. The molecule has 0 spiro atoms. The molecule has 1 aliphatic heterocycles. The highest BCUT2D eigenvalue weighted by molar-refractivity contribution is 5.92. The lowest BCUT2D eigenvalue weighted by Gasteiger charge is -2.18. The lowest BCUT2D eigenvalue weighted by atomic mass is 10.1. The van der Waals surface area contributed by atoms with Crippen LogP contribution in [0.3, 0.4) is 0 Å². The third-order valence-corrected chi connectivity index (χ3v) is 3.62. The number of nitrogen functional groups attached to an aromatic ring is 1. The third kappa shape index (κ3) is 4.21. The number of amides is 1. The number of ether oxygens (including phenoxy) is 1. The molecule has 1 aromatic carbocycles. The summed E-state index contributed by atoms with van der Waals surface area (Å²) >= 11 is 0. The summed E-state index contributed by atoms with van der Waals surface area (Å²) < 4.78 is 5.40. The summed E-state index contributed by atoms with van der Waals surface area (Å²) in [5.74, 6) is 0.0314. The summed E-state index contributed by atoms with van der Waals surface area (Å²) in [6.45, 7) is 6.18. The summed E-state index contributed by atoms with van der Waals surface area (Å²) in [7, 11) is 0. The quantitative estimate of drug-likeness (QED) is 0.821. The van der Waals surface area contributed by atoms with Gasteiger partial charge in [0.2, 0.25) is 5.91 Å². The first-order valence-electron chi connectivity index (χ1n) is 7.12. The van der Waals surface area contributed by atoms with Crippen LogP contribution < -0.4 is 11.1 Å². The van der Waals surface area contributed by atoms with E-state index in [1.165, 1.54) is 0 Å². The van der Waals surface area contributed by atoms with Gasteiger partial charge in [-0.2, -0.15) is 0 Å². The fourth-order valence-corrected chi connectivity index (χ4v) is 2.28. The van der Waals surface area contributed by atoms with E-state index < -0.39 is 0 Å². The number of hydrogen-bond donors (Lipinski definition) is 2. The number of hydrogen-bond acceptors (Lipinski definition) is 4. The first kappa shape index (κ1) is 14.8. The van der Waals surface area contributed by atoms with Crippen LogP contribution in [0.5, 0.6) is 0 Å². The van der Waals surface area contributed by atoms with Crippen molar-refractivity contribution in [1.82, 2.24) is 4.90 Å². The van der Waals surface area contributed by atoms with Gasteiger partial charge in [0.1, 0.15) is 0 Å². The van der Waals surface area contributed by atoms with Crippen LogP contribution in [-0.4, -0.2) is 43.7 Å². The molecule has 0 saturated carbocycles. The predicted molar refractivity (Wildman–Crippen MR) is 80.7 cm³/mol. The number of carbonyl (C=O) groups is 1. The Labute approximate surface area is 120 Å². The average Bonchev–Trinajstić information content (AvgIpc) is 2.70. The summed E-state index contributed by atoms with van der Waals surface area (Å²) in [6.07, 6.45) is 1.53. The van der Waals surface area contributed by atoms with Crippen LogP contribution in [0.15, 0.2) is 18.2 Å². The summed E-state index contributed by atoms with van der Waals surface area (Å²) in [6, 6.07) is 5.57. The highest BCUT2D eigenvalue weighted by Gasteiger charge is 2.12. The van der Waals surface area contributed by atoms with Crippen molar-refractivity contribution < 1.29 is 9.53 Å². The van der Waals surface area contributed by atoms with Gasteiger partial charge in [-0.3, -0.25) is 4.79 Å². The lowest BCUT2D eigenvalue weighted by molar-refractivity contribution is -0.116. The Bertz CT molecular complexity index is 454. The van der Waals surface area contributed by atoms with Crippen molar-refractivity contribution in [1.29, 1.82) is 0 Å². The van der Waals surface area contributed by atoms with E-state index in [0.717, 1.165) is 50.5 Å². The fraction of sp³-hybridized carbons (Fsp3) is 0.533. The Morgan fingerprint density at radius 1 is 1.40 bits per heavy atom. The van der Waals surface area contributed by atoms with Gasteiger partial charge in [-0.1, -0.05) is 6.07 Å². The molecule has 1 fully saturated rings. The minimum Gasteiger partial charge on any atom is -0.398 e. The second-order valence-electron chi connectivity index (χ2n) is 5.13. The normalized spacial score (nSPS) is 16.6. The van der Waals surface area contributed by atoms with Gasteiger partial charge in [0, 0.05) is 44.0 Å². The molecular formula is C15H23N3O2. The number of rotatable bonds is 4. The van der Waals surface area contributed by atoms with Gasteiger partial charge in [-0.25, -0.2) is 0 Å². The number of nitrogens with zero attached hydrogens (tertiary/aromatic N) is 1. The molecule has 20 heavy (non-hydrogen) atoms. The molecule has 0 bridgehead atoms. The van der Waals surface area contributed by atoms with E-state index in [0.29, 0.717) is 12.1 Å². The first-order chi connectivity index (χ1) is 9.66. The van der Waals surface area contributed by atoms with Crippen molar-refractivity contribution in [2.45, 2.75) is 19.8 Å². The molecule has 5 heteroatoms. The molecule has 0 aliphatic carbocycles. The zero-order valence-electron chi connectivity index (χ0n) is 12.0. The molecule has 0 radical (unpaired) electrons. The molecule has 1 aromatic rings. The Hall–Kier alpha value is -1.59. The van der Waals surface area contributed by atoms with Crippen LogP contribution in [0.4, 0.5) is 11.4 Å². The first-order valence-corrected chi connectivity index (χ1v) is 7.12. The Morgan fingerprint density at radius 2 is 2.25 bits per heavy atom. The van der Waals surface area contributed by atoms with E-state index in [9.17, 15) is 4.79 Å². The number of nitrogens with one attached hydrogen (secondary N) is 1. The molecular weight excluding hydrogens is 254 g/mol. The molecule has 1 aliphatic rings. The maximum absolute atomic E-state index is 12.0. The number of nitrogens with two attached hydrogens (primary N) is 1. The summed E-state index contributed by atoms with van der Waals surface area (Å²) in [5.41, 5.74) is 8.25. The SMILES string of the molecule is Cc1c(N)cccc1NC(=O)CCN1CCCOCC1. The smallest absolute Gasteiger partial charge is 0.225 e. The minimum absolute atomic E-state index is 0.0314. The Morgan fingerprint density at radius 3 is 3.10 bits per heavy atom. The van der Waals surface area contributed by atoms with Crippen LogP contribution >= 0.6 is 0 Å². The fourth-order valence-electron chi connectivity index (χ4n) is 2.28. The monoisotopic (exact) mass is 277 g/mol. The second-order valence-corrected chi connectivity index (χ2v) is 5.13. The molecule has 110 valence electrons. The third-order valence-electron chi connectivity index (χ3n) is 3.62. The Kier molecular flexibility index (Phi) is 5.38. The molecule has 0 aromatic heterocycles. The van der Waals surface area contributed by atoms with Gasteiger partial charge < -0.3 is 20.7 Å². The van der Waals surface area contributed by atoms with E-state index >= 15 is 0 Å². The summed E-state index contributed by atoms with van der Waals surface area (Å²) in [4.78, 5) is 14.3. The van der Waals surface area contributed by atoms with Crippen LogP contribution in [-0.2, 0) is 9.53 Å². The van der Waals surface area contributed by atoms with Gasteiger partial charge in [-0.05, 0) is 31.0 Å². The maximum Gasteiger partial charge on any atom is 0.225 e. The zero-order valence-corrected chi connectivity index (χ0v) is 12.0. The summed E-state index contributed by atoms with van der Waals surface area (Å²) in [5, 5.41) is 2.93.